The lowest BCUT2D eigenvalue weighted by Gasteiger charge is -2.29. The molecule has 0 amide bonds. The van der Waals surface area contributed by atoms with E-state index >= 15 is 0 Å². The Kier molecular flexibility index (Phi) is 2.83. The number of nitrogens with zero attached hydrogens (tertiary/aromatic N) is 3. The molecular weight excluding hydrogens is 224 g/mol. The number of anilines is 1. The molecule has 1 aliphatic rings. The third-order valence-corrected chi connectivity index (χ3v) is 2.87. The van der Waals surface area contributed by atoms with E-state index < -0.39 is 0 Å². The number of fused-ring (bicyclic) bond motifs is 1. The molecule has 2 rings (SSSR count). The first-order chi connectivity index (χ1) is 7.65. The van der Waals surface area contributed by atoms with Crippen molar-refractivity contribution >= 4 is 29.2 Å². The summed E-state index contributed by atoms with van der Waals surface area (Å²) in [6.45, 7) is 0.696. The molecule has 0 spiro atoms. The van der Waals surface area contributed by atoms with Gasteiger partial charge in [-0.25, -0.2) is 4.98 Å². The largest absolute Gasteiger partial charge is 0.398 e. The van der Waals surface area contributed by atoms with Gasteiger partial charge < -0.3 is 10.6 Å². The van der Waals surface area contributed by atoms with Gasteiger partial charge in [0.05, 0.1) is 5.69 Å². The van der Waals surface area contributed by atoms with Crippen molar-refractivity contribution < 1.29 is 0 Å². The van der Waals surface area contributed by atoms with Gasteiger partial charge in [0.2, 0.25) is 0 Å². The van der Waals surface area contributed by atoms with E-state index in [0.717, 1.165) is 22.5 Å². The van der Waals surface area contributed by atoms with Gasteiger partial charge in [0.25, 0.3) is 0 Å². The van der Waals surface area contributed by atoms with Crippen LogP contribution in [-0.4, -0.2) is 31.8 Å². The standard InChI is InChI=1S/C11H13ClN4/c1-14-5-7-6-16(2)10-8(9(7)13)3-4-15-11(10)12/h3-5H,6,13H2,1-2H3. The van der Waals surface area contributed by atoms with E-state index in [-0.39, 0.29) is 0 Å². The van der Waals surface area contributed by atoms with E-state index in [2.05, 4.69) is 9.98 Å². The third kappa shape index (κ3) is 1.65. The van der Waals surface area contributed by atoms with Gasteiger partial charge in [-0.2, -0.15) is 0 Å². The Morgan fingerprint density at radius 1 is 1.62 bits per heavy atom. The van der Waals surface area contributed by atoms with Crippen LogP contribution in [0.25, 0.3) is 5.70 Å². The summed E-state index contributed by atoms with van der Waals surface area (Å²) in [7, 11) is 3.69. The van der Waals surface area contributed by atoms with Crippen molar-refractivity contribution in [1.82, 2.24) is 4.98 Å². The number of hydrogen-bond donors (Lipinski definition) is 1. The number of pyridine rings is 1. The van der Waals surface area contributed by atoms with Gasteiger partial charge in [-0.1, -0.05) is 11.6 Å². The summed E-state index contributed by atoms with van der Waals surface area (Å²) in [5.74, 6) is 0. The van der Waals surface area contributed by atoms with Gasteiger partial charge >= 0.3 is 0 Å². The summed E-state index contributed by atoms with van der Waals surface area (Å²) in [5, 5.41) is 0.482. The molecule has 1 aromatic heterocycles. The maximum atomic E-state index is 6.08. The van der Waals surface area contributed by atoms with E-state index in [4.69, 9.17) is 17.3 Å². The fourth-order valence-corrected chi connectivity index (χ4v) is 2.17. The van der Waals surface area contributed by atoms with E-state index in [1.54, 1.807) is 19.5 Å². The molecule has 0 fully saturated rings. The van der Waals surface area contributed by atoms with Gasteiger partial charge in [-0.3, -0.25) is 4.99 Å². The van der Waals surface area contributed by atoms with Crippen molar-refractivity contribution in [3.63, 3.8) is 0 Å². The van der Waals surface area contributed by atoms with Gasteiger partial charge in [0.1, 0.15) is 0 Å². The minimum absolute atomic E-state index is 0.482. The van der Waals surface area contributed by atoms with Crippen molar-refractivity contribution in [3.8, 4) is 0 Å². The Bertz CT molecular complexity index is 479. The summed E-state index contributed by atoms with van der Waals surface area (Å²) in [6.07, 6.45) is 3.44. The van der Waals surface area contributed by atoms with Crippen LogP contribution in [0.5, 0.6) is 0 Å². The quantitative estimate of drug-likeness (QED) is 0.595. The Hall–Kier alpha value is -1.55. The van der Waals surface area contributed by atoms with Crippen LogP contribution < -0.4 is 10.6 Å². The first kappa shape index (κ1) is 11.0. The number of nitrogens with two attached hydrogens (primary N) is 1. The van der Waals surface area contributed by atoms with Crippen molar-refractivity contribution in [2.24, 2.45) is 10.7 Å². The molecule has 2 N–H and O–H groups in total. The first-order valence-corrected chi connectivity index (χ1v) is 5.29. The van der Waals surface area contributed by atoms with Crippen molar-refractivity contribution in [2.45, 2.75) is 0 Å². The van der Waals surface area contributed by atoms with E-state index in [9.17, 15) is 0 Å². The molecule has 0 saturated carbocycles. The molecule has 0 aromatic carbocycles. The van der Waals surface area contributed by atoms with Gasteiger partial charge in [-0.15, -0.1) is 0 Å². The molecule has 5 heteroatoms. The number of aliphatic imine (C=N–C) groups is 1. The van der Waals surface area contributed by atoms with E-state index in [1.807, 2.05) is 18.0 Å². The third-order valence-electron chi connectivity index (χ3n) is 2.59. The summed E-state index contributed by atoms with van der Waals surface area (Å²) in [4.78, 5) is 10.1. The Morgan fingerprint density at radius 3 is 3.06 bits per heavy atom. The van der Waals surface area contributed by atoms with Crippen molar-refractivity contribution in [2.75, 3.05) is 25.5 Å². The molecule has 84 valence electrons. The molecule has 2 heterocycles. The monoisotopic (exact) mass is 236 g/mol. The van der Waals surface area contributed by atoms with Crippen LogP contribution in [0.1, 0.15) is 5.56 Å². The lowest BCUT2D eigenvalue weighted by atomic mass is 10.0. The predicted molar refractivity (Wildman–Crippen MR) is 68.0 cm³/mol. The molecule has 1 aromatic rings. The maximum absolute atomic E-state index is 6.08. The molecule has 0 bridgehead atoms. The van der Waals surface area contributed by atoms with E-state index in [0.29, 0.717) is 11.7 Å². The summed E-state index contributed by atoms with van der Waals surface area (Å²) < 4.78 is 0. The van der Waals surface area contributed by atoms with Crippen LogP contribution >= 0.6 is 11.6 Å². The zero-order valence-corrected chi connectivity index (χ0v) is 9.99. The maximum Gasteiger partial charge on any atom is 0.152 e. The smallest absolute Gasteiger partial charge is 0.152 e. The average Bonchev–Trinajstić information content (AvgIpc) is 2.25. The second kappa shape index (κ2) is 4.14. The topological polar surface area (TPSA) is 54.5 Å². The van der Waals surface area contributed by atoms with Crippen LogP contribution in [-0.2, 0) is 0 Å². The number of likely N-dealkylation sites (N-methyl/N-ethyl adjacent to an activating group) is 1. The molecular formula is C11H13ClN4. The SMILES string of the molecule is CN=CC1=C(N)c2ccnc(Cl)c2N(C)C1. The second-order valence-corrected chi connectivity index (χ2v) is 4.04. The second-order valence-electron chi connectivity index (χ2n) is 3.68. The lowest BCUT2D eigenvalue weighted by Crippen LogP contribution is -2.29. The molecule has 4 nitrogen and oxygen atoms in total. The Labute approximate surface area is 99.4 Å². The Morgan fingerprint density at radius 2 is 2.38 bits per heavy atom. The van der Waals surface area contributed by atoms with Gasteiger partial charge in [0.15, 0.2) is 5.15 Å². The molecule has 0 unspecified atom stereocenters. The number of halogens is 1. The normalized spacial score (nSPS) is 15.8. The lowest BCUT2D eigenvalue weighted by molar-refractivity contribution is 0.980. The highest BCUT2D eigenvalue weighted by molar-refractivity contribution is 6.32. The Balaban J connectivity index is 2.63. The number of aromatic nitrogens is 1. The van der Waals surface area contributed by atoms with Crippen LogP contribution in [0.3, 0.4) is 0 Å². The number of rotatable bonds is 1. The molecule has 1 aliphatic heterocycles. The van der Waals surface area contributed by atoms with Crippen LogP contribution in [0, 0.1) is 0 Å². The molecule has 0 atom stereocenters. The fraction of sp³-hybridized carbons (Fsp3) is 0.273. The average molecular weight is 237 g/mol. The molecule has 0 radical (unpaired) electrons. The fourth-order valence-electron chi connectivity index (χ4n) is 1.87. The minimum atomic E-state index is 0.482. The molecule has 16 heavy (non-hydrogen) atoms. The molecule has 0 saturated heterocycles. The van der Waals surface area contributed by atoms with Crippen LogP contribution in [0.15, 0.2) is 22.8 Å². The zero-order chi connectivity index (χ0) is 11.7. The number of hydrogen-bond acceptors (Lipinski definition) is 4. The first-order valence-electron chi connectivity index (χ1n) is 4.92. The van der Waals surface area contributed by atoms with Crippen molar-refractivity contribution in [3.05, 3.63) is 28.6 Å². The molecule has 0 aliphatic carbocycles. The van der Waals surface area contributed by atoms with Crippen LogP contribution in [0.4, 0.5) is 5.69 Å². The van der Waals surface area contributed by atoms with Crippen molar-refractivity contribution in [1.29, 1.82) is 0 Å². The van der Waals surface area contributed by atoms with E-state index in [1.165, 1.54) is 0 Å². The highest BCUT2D eigenvalue weighted by Gasteiger charge is 2.22. The summed E-state index contributed by atoms with van der Waals surface area (Å²) in [5.41, 5.74) is 9.61. The zero-order valence-electron chi connectivity index (χ0n) is 9.24. The predicted octanol–water partition coefficient (Wildman–Crippen LogP) is 1.56. The van der Waals surface area contributed by atoms with Gasteiger partial charge in [-0.05, 0) is 6.07 Å². The minimum Gasteiger partial charge on any atom is -0.398 e. The van der Waals surface area contributed by atoms with Crippen LogP contribution in [0.2, 0.25) is 5.15 Å². The summed E-state index contributed by atoms with van der Waals surface area (Å²) in [6, 6.07) is 1.87. The highest BCUT2D eigenvalue weighted by atomic mass is 35.5. The highest BCUT2D eigenvalue weighted by Crippen LogP contribution is 2.34. The van der Waals surface area contributed by atoms with Gasteiger partial charge in [0, 0.05) is 49.9 Å². The summed E-state index contributed by atoms with van der Waals surface area (Å²) >= 11 is 6.06.